The first-order valence-electron chi connectivity index (χ1n) is 10.1. The average molecular weight is 432 g/mol. The molecule has 1 aliphatic heterocycles. The highest BCUT2D eigenvalue weighted by Crippen LogP contribution is 2.29. The second kappa shape index (κ2) is 8.67. The van der Waals surface area contributed by atoms with Gasteiger partial charge in [-0.1, -0.05) is 18.9 Å². The van der Waals surface area contributed by atoms with Gasteiger partial charge in [-0.05, 0) is 61.9 Å². The highest BCUT2D eigenvalue weighted by atomic mass is 32.2. The number of amidine groups is 1. The van der Waals surface area contributed by atoms with Crippen LogP contribution in [0.2, 0.25) is 0 Å². The van der Waals surface area contributed by atoms with Crippen molar-refractivity contribution in [1.29, 1.82) is 0 Å². The monoisotopic (exact) mass is 431 g/mol. The molecule has 0 radical (unpaired) electrons. The van der Waals surface area contributed by atoms with E-state index in [-0.39, 0.29) is 10.8 Å². The van der Waals surface area contributed by atoms with Gasteiger partial charge < -0.3 is 5.32 Å². The second-order valence-electron chi connectivity index (χ2n) is 7.49. The molecule has 0 saturated heterocycles. The number of amides is 1. The number of carbonyl (C=O) groups is 1. The highest BCUT2D eigenvalue weighted by molar-refractivity contribution is 7.90. The van der Waals surface area contributed by atoms with Crippen molar-refractivity contribution in [3.05, 3.63) is 45.6 Å². The molecule has 2 heterocycles. The molecule has 6 nitrogen and oxygen atoms in total. The standard InChI is InChI=1S/C21H25N3O3S2/c25-21(19-13-15-7-3-1-2-4-10-18(15)28-19)23-16-8-5-9-17(14-16)29(26,27)24-20-11-6-12-22-20/h5,8-9,13-14H,1-4,6-7,10-12H2,(H,22,24)(H,23,25). The zero-order valence-electron chi connectivity index (χ0n) is 16.2. The number of aryl methyl sites for hydroxylation is 2. The van der Waals surface area contributed by atoms with Crippen molar-refractivity contribution in [3.63, 3.8) is 0 Å². The fourth-order valence-electron chi connectivity index (χ4n) is 3.73. The quantitative estimate of drug-likeness (QED) is 0.763. The fourth-order valence-corrected chi connectivity index (χ4v) is 6.01. The molecule has 2 N–H and O–H groups in total. The molecule has 1 amide bonds. The molecule has 4 rings (SSSR count). The van der Waals surface area contributed by atoms with Crippen LogP contribution in [0.15, 0.2) is 40.2 Å². The topological polar surface area (TPSA) is 87.6 Å². The lowest BCUT2D eigenvalue weighted by Gasteiger charge is -2.09. The second-order valence-corrected chi connectivity index (χ2v) is 10.3. The molecule has 0 atom stereocenters. The number of benzene rings is 1. The van der Waals surface area contributed by atoms with Crippen molar-refractivity contribution in [2.75, 3.05) is 11.9 Å². The summed E-state index contributed by atoms with van der Waals surface area (Å²) in [5.74, 6) is 0.305. The minimum absolute atomic E-state index is 0.114. The van der Waals surface area contributed by atoms with E-state index in [9.17, 15) is 13.2 Å². The lowest BCUT2D eigenvalue weighted by Crippen LogP contribution is -2.29. The maximum Gasteiger partial charge on any atom is 0.265 e. The predicted octanol–water partition coefficient (Wildman–Crippen LogP) is 4.13. The number of fused-ring (bicyclic) bond motifs is 1. The number of nitrogens with one attached hydrogen (secondary N) is 2. The van der Waals surface area contributed by atoms with E-state index in [1.165, 1.54) is 48.3 Å². The Morgan fingerprint density at radius 1 is 1.00 bits per heavy atom. The molecule has 0 fully saturated rings. The number of carbonyl (C=O) groups excluding carboxylic acids is 1. The Morgan fingerprint density at radius 3 is 2.62 bits per heavy atom. The fraction of sp³-hybridized carbons (Fsp3) is 0.429. The number of hydrogen-bond donors (Lipinski definition) is 2. The summed E-state index contributed by atoms with van der Waals surface area (Å²) in [5.41, 5.74) is 1.75. The molecule has 154 valence electrons. The first-order chi connectivity index (χ1) is 14.0. The Morgan fingerprint density at radius 2 is 1.83 bits per heavy atom. The maximum atomic E-state index is 12.8. The van der Waals surface area contributed by atoms with Crippen LogP contribution in [0, 0.1) is 0 Å². The molecule has 0 saturated carbocycles. The molecule has 1 aromatic heterocycles. The minimum atomic E-state index is -3.71. The van der Waals surface area contributed by atoms with E-state index >= 15 is 0 Å². The third kappa shape index (κ3) is 4.87. The zero-order chi connectivity index (χ0) is 20.3. The SMILES string of the molecule is O=C(Nc1cccc(S(=O)(=O)NC2=NCCC2)c1)c1cc2c(s1)CCCCCC2. The largest absolute Gasteiger partial charge is 0.321 e. The first kappa shape index (κ1) is 20.1. The van der Waals surface area contributed by atoms with Crippen molar-refractivity contribution >= 4 is 38.8 Å². The van der Waals surface area contributed by atoms with Gasteiger partial charge in [0.15, 0.2) is 0 Å². The van der Waals surface area contributed by atoms with Crippen molar-refractivity contribution < 1.29 is 13.2 Å². The molecule has 29 heavy (non-hydrogen) atoms. The van der Waals surface area contributed by atoms with Crippen LogP contribution in [0.1, 0.15) is 58.6 Å². The number of thiophene rings is 1. The van der Waals surface area contributed by atoms with E-state index in [0.717, 1.165) is 19.3 Å². The summed E-state index contributed by atoms with van der Waals surface area (Å²) >= 11 is 1.56. The molecule has 0 bridgehead atoms. The molecule has 1 aromatic carbocycles. The third-order valence-electron chi connectivity index (χ3n) is 5.25. The zero-order valence-corrected chi connectivity index (χ0v) is 17.9. The summed E-state index contributed by atoms with van der Waals surface area (Å²) in [5, 5.41) is 2.85. The third-order valence-corrected chi connectivity index (χ3v) is 7.86. The van der Waals surface area contributed by atoms with Gasteiger partial charge in [-0.2, -0.15) is 0 Å². The van der Waals surface area contributed by atoms with Crippen LogP contribution in [-0.2, 0) is 22.9 Å². The summed E-state index contributed by atoms with van der Waals surface area (Å²) in [7, 11) is -3.71. The van der Waals surface area contributed by atoms with Gasteiger partial charge >= 0.3 is 0 Å². The molecular formula is C21H25N3O3S2. The van der Waals surface area contributed by atoms with E-state index < -0.39 is 10.0 Å². The summed E-state index contributed by atoms with van der Waals surface area (Å²) in [4.78, 5) is 19.0. The van der Waals surface area contributed by atoms with Gasteiger partial charge in [-0.3, -0.25) is 14.5 Å². The van der Waals surface area contributed by atoms with Crippen LogP contribution in [0.5, 0.6) is 0 Å². The number of sulfonamides is 1. The summed E-state index contributed by atoms with van der Waals surface area (Å²) in [6, 6.07) is 8.34. The van der Waals surface area contributed by atoms with Crippen molar-refractivity contribution in [2.45, 2.75) is 56.3 Å². The number of aliphatic imine (C=N–C) groups is 1. The van der Waals surface area contributed by atoms with E-state index in [0.29, 0.717) is 29.4 Å². The Balaban J connectivity index is 1.49. The highest BCUT2D eigenvalue weighted by Gasteiger charge is 2.20. The maximum absolute atomic E-state index is 12.8. The molecule has 0 unspecified atom stereocenters. The van der Waals surface area contributed by atoms with E-state index in [2.05, 4.69) is 15.0 Å². The summed E-state index contributed by atoms with van der Waals surface area (Å²) in [6.45, 7) is 0.652. The van der Waals surface area contributed by atoms with E-state index in [1.807, 2.05) is 6.07 Å². The Hall–Kier alpha value is -2.19. The van der Waals surface area contributed by atoms with Crippen LogP contribution < -0.4 is 10.0 Å². The predicted molar refractivity (Wildman–Crippen MR) is 116 cm³/mol. The Bertz CT molecular complexity index is 1020. The van der Waals surface area contributed by atoms with Gasteiger partial charge in [-0.15, -0.1) is 11.3 Å². The number of anilines is 1. The van der Waals surface area contributed by atoms with Crippen molar-refractivity contribution in [1.82, 2.24) is 4.72 Å². The van der Waals surface area contributed by atoms with Crippen LogP contribution in [-0.4, -0.2) is 26.7 Å². The van der Waals surface area contributed by atoms with Gasteiger partial charge in [0.05, 0.1) is 9.77 Å². The van der Waals surface area contributed by atoms with Gasteiger partial charge in [0, 0.05) is 23.5 Å². The van der Waals surface area contributed by atoms with E-state index in [4.69, 9.17) is 0 Å². The molecule has 0 spiro atoms. The number of nitrogens with zero attached hydrogens (tertiary/aromatic N) is 1. The van der Waals surface area contributed by atoms with Crippen LogP contribution in [0.3, 0.4) is 0 Å². The van der Waals surface area contributed by atoms with Crippen LogP contribution in [0.25, 0.3) is 0 Å². The smallest absolute Gasteiger partial charge is 0.265 e. The van der Waals surface area contributed by atoms with E-state index in [1.54, 1.807) is 23.5 Å². The summed E-state index contributed by atoms with van der Waals surface area (Å²) in [6.07, 6.45) is 8.41. The van der Waals surface area contributed by atoms with Gasteiger partial charge in [-0.25, -0.2) is 8.42 Å². The molecular weight excluding hydrogens is 406 g/mol. The molecule has 2 aromatic rings. The van der Waals surface area contributed by atoms with Crippen molar-refractivity contribution in [2.24, 2.45) is 4.99 Å². The van der Waals surface area contributed by atoms with Gasteiger partial charge in [0.25, 0.3) is 15.9 Å². The lowest BCUT2D eigenvalue weighted by molar-refractivity contribution is 0.103. The van der Waals surface area contributed by atoms with Crippen molar-refractivity contribution in [3.8, 4) is 0 Å². The van der Waals surface area contributed by atoms with Crippen LogP contribution in [0.4, 0.5) is 5.69 Å². The summed E-state index contributed by atoms with van der Waals surface area (Å²) < 4.78 is 27.7. The average Bonchev–Trinajstić information content (AvgIpc) is 3.31. The molecule has 2 aliphatic rings. The minimum Gasteiger partial charge on any atom is -0.321 e. The number of hydrogen-bond acceptors (Lipinski definition) is 5. The lowest BCUT2D eigenvalue weighted by atomic mass is 10.00. The number of rotatable bonds is 4. The normalized spacial score (nSPS) is 17.0. The Labute approximate surface area is 175 Å². The molecule has 8 heteroatoms. The van der Waals surface area contributed by atoms with Gasteiger partial charge in [0.1, 0.15) is 5.84 Å². The van der Waals surface area contributed by atoms with Gasteiger partial charge in [0.2, 0.25) is 0 Å². The molecule has 1 aliphatic carbocycles. The first-order valence-corrected chi connectivity index (χ1v) is 12.4. The Kier molecular flexibility index (Phi) is 6.01. The van der Waals surface area contributed by atoms with Crippen LogP contribution >= 0.6 is 11.3 Å².